The van der Waals surface area contributed by atoms with Crippen LogP contribution in [-0.4, -0.2) is 38.8 Å². The number of phenolic OH excluding ortho intramolecular Hbond substituents is 1. The van der Waals surface area contributed by atoms with E-state index in [1.807, 2.05) is 6.07 Å². The quantitative estimate of drug-likeness (QED) is 0.676. The van der Waals surface area contributed by atoms with Crippen molar-refractivity contribution in [3.63, 3.8) is 0 Å². The Labute approximate surface area is 156 Å². The van der Waals surface area contributed by atoms with E-state index in [1.54, 1.807) is 6.07 Å². The third kappa shape index (κ3) is 2.97. The normalized spacial score (nSPS) is 17.7. The molecule has 0 spiro atoms. The number of aromatic hydroxyl groups is 1. The molecular weight excluding hydrogens is 374 g/mol. The van der Waals surface area contributed by atoms with Gasteiger partial charge in [0.1, 0.15) is 0 Å². The van der Waals surface area contributed by atoms with Gasteiger partial charge in [-0.2, -0.15) is 8.42 Å². The van der Waals surface area contributed by atoms with Crippen molar-refractivity contribution in [2.24, 2.45) is 0 Å². The molecule has 0 fully saturated rings. The lowest BCUT2D eigenvalue weighted by atomic mass is 9.77. The molecule has 1 heterocycles. The molecule has 0 aromatic heterocycles. The van der Waals surface area contributed by atoms with Crippen LogP contribution in [0.1, 0.15) is 22.7 Å². The second-order valence-electron chi connectivity index (χ2n) is 6.51. The first kappa shape index (κ1) is 17.9. The van der Waals surface area contributed by atoms with Crippen molar-refractivity contribution in [2.75, 3.05) is 20.8 Å². The summed E-state index contributed by atoms with van der Waals surface area (Å²) in [6.07, 6.45) is 1.39. The molecule has 4 rings (SSSR count). The van der Waals surface area contributed by atoms with Crippen LogP contribution in [0.2, 0.25) is 0 Å². The summed E-state index contributed by atoms with van der Waals surface area (Å²) >= 11 is 0. The Hall–Kier alpha value is -2.49. The molecule has 2 aliphatic rings. The van der Waals surface area contributed by atoms with E-state index in [2.05, 4.69) is 9.50 Å². The molecule has 27 heavy (non-hydrogen) atoms. The van der Waals surface area contributed by atoms with Crippen LogP contribution in [0.5, 0.6) is 23.0 Å². The average molecular weight is 393 g/mol. The lowest BCUT2D eigenvalue weighted by molar-refractivity contribution is 0.359. The van der Waals surface area contributed by atoms with E-state index in [4.69, 9.17) is 14.0 Å². The standard InChI is InChI=1S/C18H19NO7S/c1-24-13-8-11-10(7-14(13)26-27(21,22)23)5-12-16-9(3-4-19-12)6-15(25-2)18(20)17(11)16/h6-8,12,19-20H,3-5H2,1-2H3,(H,21,22,23). The second kappa shape index (κ2) is 6.29. The van der Waals surface area contributed by atoms with Crippen LogP contribution in [0.15, 0.2) is 18.2 Å². The number of hydrogen-bond acceptors (Lipinski definition) is 7. The molecule has 9 heteroatoms. The van der Waals surface area contributed by atoms with Crippen LogP contribution in [0.25, 0.3) is 11.1 Å². The van der Waals surface area contributed by atoms with Gasteiger partial charge in [-0.3, -0.25) is 4.55 Å². The Balaban J connectivity index is 1.98. The van der Waals surface area contributed by atoms with E-state index in [0.717, 1.165) is 29.7 Å². The van der Waals surface area contributed by atoms with Gasteiger partial charge in [-0.15, -0.1) is 0 Å². The van der Waals surface area contributed by atoms with Gasteiger partial charge in [0.15, 0.2) is 23.0 Å². The number of hydrogen-bond donors (Lipinski definition) is 3. The van der Waals surface area contributed by atoms with Gasteiger partial charge in [-0.05, 0) is 59.8 Å². The summed E-state index contributed by atoms with van der Waals surface area (Å²) in [5.74, 6) is 0.427. The maximum atomic E-state index is 11.2. The molecule has 2 aromatic rings. The summed E-state index contributed by atoms with van der Waals surface area (Å²) in [6.45, 7) is 0.783. The second-order valence-corrected chi connectivity index (χ2v) is 7.53. The van der Waals surface area contributed by atoms with Crippen LogP contribution in [0.4, 0.5) is 0 Å². The predicted molar refractivity (Wildman–Crippen MR) is 97.0 cm³/mol. The number of fused-ring (bicyclic) bond motifs is 2. The van der Waals surface area contributed by atoms with Gasteiger partial charge in [0, 0.05) is 11.6 Å². The summed E-state index contributed by atoms with van der Waals surface area (Å²) in [7, 11) is -1.83. The monoisotopic (exact) mass is 393 g/mol. The Bertz CT molecular complexity index is 1030. The van der Waals surface area contributed by atoms with Crippen LogP contribution >= 0.6 is 0 Å². The van der Waals surface area contributed by atoms with Gasteiger partial charge in [0.2, 0.25) is 0 Å². The van der Waals surface area contributed by atoms with Crippen LogP contribution in [0, 0.1) is 0 Å². The lowest BCUT2D eigenvalue weighted by Crippen LogP contribution is -2.33. The number of methoxy groups -OCH3 is 2. The van der Waals surface area contributed by atoms with Crippen molar-refractivity contribution in [2.45, 2.75) is 18.9 Å². The van der Waals surface area contributed by atoms with Crippen molar-refractivity contribution in [3.8, 4) is 34.1 Å². The first-order valence-electron chi connectivity index (χ1n) is 8.36. The zero-order valence-electron chi connectivity index (χ0n) is 14.8. The summed E-state index contributed by atoms with van der Waals surface area (Å²) in [5.41, 5.74) is 4.22. The smallest absolute Gasteiger partial charge is 0.446 e. The molecular formula is C18H19NO7S. The summed E-state index contributed by atoms with van der Waals surface area (Å²) in [4.78, 5) is 0. The summed E-state index contributed by atoms with van der Waals surface area (Å²) in [6, 6.07) is 4.95. The fourth-order valence-electron chi connectivity index (χ4n) is 3.97. The third-order valence-corrected chi connectivity index (χ3v) is 5.41. The maximum Gasteiger partial charge on any atom is 0.446 e. The van der Waals surface area contributed by atoms with Crippen molar-refractivity contribution in [3.05, 3.63) is 34.9 Å². The fraction of sp³-hybridized carbons (Fsp3) is 0.333. The van der Waals surface area contributed by atoms with E-state index in [-0.39, 0.29) is 23.3 Å². The maximum absolute atomic E-state index is 11.2. The molecule has 0 saturated carbocycles. The molecule has 0 amide bonds. The molecule has 1 atom stereocenters. The highest BCUT2D eigenvalue weighted by molar-refractivity contribution is 7.81. The first-order chi connectivity index (χ1) is 12.8. The molecule has 144 valence electrons. The van der Waals surface area contributed by atoms with Gasteiger partial charge >= 0.3 is 10.4 Å². The molecule has 0 saturated heterocycles. The number of ether oxygens (including phenoxy) is 2. The summed E-state index contributed by atoms with van der Waals surface area (Å²) in [5, 5.41) is 14.2. The van der Waals surface area contributed by atoms with E-state index in [0.29, 0.717) is 23.3 Å². The zero-order chi connectivity index (χ0) is 19.3. The van der Waals surface area contributed by atoms with Gasteiger partial charge in [0.25, 0.3) is 0 Å². The number of benzene rings is 2. The molecule has 1 unspecified atom stereocenters. The van der Waals surface area contributed by atoms with Crippen molar-refractivity contribution in [1.29, 1.82) is 0 Å². The Morgan fingerprint density at radius 3 is 2.44 bits per heavy atom. The highest BCUT2D eigenvalue weighted by Crippen LogP contribution is 2.52. The van der Waals surface area contributed by atoms with Crippen molar-refractivity contribution in [1.82, 2.24) is 5.32 Å². The lowest BCUT2D eigenvalue weighted by Gasteiger charge is -2.35. The molecule has 1 aliphatic carbocycles. The highest BCUT2D eigenvalue weighted by Gasteiger charge is 2.34. The Morgan fingerprint density at radius 2 is 1.78 bits per heavy atom. The predicted octanol–water partition coefficient (Wildman–Crippen LogP) is 2.00. The number of rotatable bonds is 4. The van der Waals surface area contributed by atoms with Crippen LogP contribution < -0.4 is 19.0 Å². The topological polar surface area (TPSA) is 114 Å². The van der Waals surface area contributed by atoms with Crippen LogP contribution in [0.3, 0.4) is 0 Å². The molecule has 8 nitrogen and oxygen atoms in total. The van der Waals surface area contributed by atoms with Crippen LogP contribution in [-0.2, 0) is 23.2 Å². The van der Waals surface area contributed by atoms with E-state index >= 15 is 0 Å². The first-order valence-corrected chi connectivity index (χ1v) is 9.73. The van der Waals surface area contributed by atoms with Gasteiger partial charge in [0.05, 0.1) is 14.2 Å². The molecule has 2 aromatic carbocycles. The highest BCUT2D eigenvalue weighted by atomic mass is 32.3. The molecule has 0 bridgehead atoms. The molecule has 0 radical (unpaired) electrons. The van der Waals surface area contributed by atoms with Gasteiger partial charge in [-0.25, -0.2) is 0 Å². The molecule has 1 aliphatic heterocycles. The van der Waals surface area contributed by atoms with Gasteiger partial charge in [-0.1, -0.05) is 0 Å². The fourth-order valence-corrected chi connectivity index (χ4v) is 4.32. The zero-order valence-corrected chi connectivity index (χ0v) is 15.6. The summed E-state index contributed by atoms with van der Waals surface area (Å²) < 4.78 is 46.6. The SMILES string of the molecule is COc1cc2c(cc1OS(=O)(=O)O)CC1NCCc3cc(OC)c(O)c-2c31. The van der Waals surface area contributed by atoms with E-state index in [9.17, 15) is 13.5 Å². The number of phenols is 1. The minimum absolute atomic E-state index is 0.0244. The minimum Gasteiger partial charge on any atom is -0.504 e. The van der Waals surface area contributed by atoms with Crippen molar-refractivity contribution >= 4 is 10.4 Å². The van der Waals surface area contributed by atoms with E-state index < -0.39 is 10.4 Å². The van der Waals surface area contributed by atoms with Crippen molar-refractivity contribution < 1.29 is 31.7 Å². The van der Waals surface area contributed by atoms with E-state index in [1.165, 1.54) is 20.3 Å². The Morgan fingerprint density at radius 1 is 1.07 bits per heavy atom. The molecule has 3 N–H and O–H groups in total. The third-order valence-electron chi connectivity index (χ3n) is 5.02. The Kier molecular flexibility index (Phi) is 4.17. The largest absolute Gasteiger partial charge is 0.504 e. The van der Waals surface area contributed by atoms with Gasteiger partial charge < -0.3 is 24.1 Å². The number of nitrogens with one attached hydrogen (secondary N) is 1. The average Bonchev–Trinajstić information content (AvgIpc) is 2.61. The minimum atomic E-state index is -4.70.